The topological polar surface area (TPSA) is 191 Å². The first-order valence-corrected chi connectivity index (χ1v) is 22.5. The van der Waals surface area contributed by atoms with E-state index in [2.05, 4.69) is 0 Å². The summed E-state index contributed by atoms with van der Waals surface area (Å²) in [7, 11) is 0. The number of hydrogen-bond acceptors (Lipinski definition) is 14. The number of hydrogen-bond donors (Lipinski definition) is 1. The van der Waals surface area contributed by atoms with Crippen LogP contribution >= 0.6 is 69.6 Å². The highest BCUT2D eigenvalue weighted by Crippen LogP contribution is 2.67. The normalized spacial score (nSPS) is 34.0. The molecule has 2 saturated carbocycles. The molecule has 0 spiro atoms. The van der Waals surface area contributed by atoms with Gasteiger partial charge in [0.15, 0.2) is 17.5 Å². The van der Waals surface area contributed by atoms with E-state index in [0.29, 0.717) is 5.56 Å². The number of esters is 5. The number of ketones is 1. The molecule has 4 fully saturated rings. The molecule has 0 unspecified atom stereocenters. The fourth-order valence-electron chi connectivity index (χ4n) is 10.3. The number of fused-ring (bicyclic) bond motifs is 5. The van der Waals surface area contributed by atoms with Gasteiger partial charge in [-0.2, -0.15) is 0 Å². The molecule has 2 heterocycles. The number of benzene rings is 2. The molecule has 64 heavy (non-hydrogen) atoms. The minimum absolute atomic E-state index is 0.0214. The summed E-state index contributed by atoms with van der Waals surface area (Å²) in [4.78, 5) is 87.1. The molecular formula is C44H44Cl6O14. The van der Waals surface area contributed by atoms with Crippen molar-refractivity contribution < 1.29 is 67.0 Å². The van der Waals surface area contributed by atoms with E-state index >= 15 is 4.79 Å². The molecule has 3 aliphatic carbocycles. The second kappa shape index (κ2) is 17.5. The first-order chi connectivity index (χ1) is 29.8. The highest BCUT2D eigenvalue weighted by molar-refractivity contribution is 6.68. The van der Waals surface area contributed by atoms with Crippen molar-refractivity contribution in [3.05, 3.63) is 82.9 Å². The molecule has 2 saturated heterocycles. The molecule has 1 N–H and O–H groups in total. The Morgan fingerprint density at radius 2 is 1.41 bits per heavy atom. The summed E-state index contributed by atoms with van der Waals surface area (Å²) in [5.74, 6) is -11.5. The number of aliphatic hydroxyl groups is 1. The summed E-state index contributed by atoms with van der Waals surface area (Å²) in [5, 5.41) is 13.9. The fourth-order valence-corrected chi connectivity index (χ4v) is 10.6. The van der Waals surface area contributed by atoms with Crippen LogP contribution < -0.4 is 0 Å². The van der Waals surface area contributed by atoms with Crippen molar-refractivity contribution in [2.24, 2.45) is 28.6 Å². The summed E-state index contributed by atoms with van der Waals surface area (Å²) < 4.78 is 37.3. The Bertz CT molecular complexity index is 2240. The third kappa shape index (κ3) is 8.76. The van der Waals surface area contributed by atoms with E-state index in [0.717, 1.165) is 6.92 Å². The van der Waals surface area contributed by atoms with Gasteiger partial charge in [-0.25, -0.2) is 9.59 Å². The van der Waals surface area contributed by atoms with E-state index in [1.54, 1.807) is 48.5 Å². The third-order valence-electron chi connectivity index (χ3n) is 13.4. The lowest BCUT2D eigenvalue weighted by Gasteiger charge is -2.67. The number of Topliss-reactive ketones (excluding diaryl/α,β-unsaturated/α-hetero) is 1. The molecule has 2 aromatic carbocycles. The Hall–Kier alpha value is -3.18. The van der Waals surface area contributed by atoms with Crippen LogP contribution in [0.1, 0.15) is 69.5 Å². The van der Waals surface area contributed by atoms with Crippen LogP contribution in [-0.4, -0.2) is 104 Å². The van der Waals surface area contributed by atoms with Gasteiger partial charge in [0, 0.05) is 18.8 Å². The van der Waals surface area contributed by atoms with Gasteiger partial charge in [0.25, 0.3) is 0 Å². The second-order valence-corrected chi connectivity index (χ2v) is 22.5. The van der Waals surface area contributed by atoms with Crippen molar-refractivity contribution in [3.63, 3.8) is 0 Å². The van der Waals surface area contributed by atoms with Crippen LogP contribution in [0.25, 0.3) is 0 Å². The van der Waals surface area contributed by atoms with Crippen LogP contribution in [0, 0.1) is 28.6 Å². The number of carbonyl (C=O) groups excluding carboxylic acids is 6. The molecule has 14 nitrogen and oxygen atoms in total. The lowest BCUT2D eigenvalue weighted by atomic mass is 9.42. The first-order valence-electron chi connectivity index (χ1n) is 20.2. The number of alkyl halides is 6. The quantitative estimate of drug-likeness (QED) is 0.0633. The average molecular weight is 1010 g/mol. The highest BCUT2D eigenvalue weighted by atomic mass is 35.6. The van der Waals surface area contributed by atoms with Crippen molar-refractivity contribution in [1.29, 1.82) is 0 Å². The molecule has 2 bridgehead atoms. The lowest BCUT2D eigenvalue weighted by molar-refractivity contribution is -0.339. The van der Waals surface area contributed by atoms with Gasteiger partial charge in [-0.15, -0.1) is 0 Å². The molecule has 0 radical (unpaired) electrons. The Labute approximate surface area is 398 Å². The number of halogens is 6. The van der Waals surface area contributed by atoms with Gasteiger partial charge in [0.2, 0.25) is 7.59 Å². The van der Waals surface area contributed by atoms with E-state index in [1.807, 2.05) is 0 Å². The molecular weight excluding hydrogens is 965 g/mol. The Morgan fingerprint density at radius 1 is 0.828 bits per heavy atom. The van der Waals surface area contributed by atoms with Crippen LogP contribution in [0.5, 0.6) is 0 Å². The maximum absolute atomic E-state index is 16.2. The molecule has 11 atom stereocenters. The van der Waals surface area contributed by atoms with Crippen LogP contribution in [0.3, 0.4) is 0 Å². The summed E-state index contributed by atoms with van der Waals surface area (Å²) in [6.07, 6.45) is -7.17. The zero-order valence-corrected chi connectivity index (χ0v) is 39.5. The van der Waals surface area contributed by atoms with Crippen molar-refractivity contribution in [2.45, 2.75) is 96.8 Å². The Morgan fingerprint density at radius 3 is 1.95 bits per heavy atom. The van der Waals surface area contributed by atoms with Gasteiger partial charge in [-0.3, -0.25) is 19.2 Å². The third-order valence-corrected chi connectivity index (χ3v) is 14.0. The standard InChI is InChI=1S/C44H44Cl6O14/c1-21-26(61-38(56)31-30(62-31)23-12-8-6-9-13-23)17-42(57)34(63-35(53)24-14-10-7-11-15-24)32-40(5,33(52)28(29(21)39(42,3)4)37(55)60-20-44(48,49)50)25(36(54)59-19-43(45,46)47)16-27-41(32,18-58-27)64-22(2)51/h6-15,25-28,30-32,34,57H,16-20H2,1-5H3/t25-,26+,27-,28-,30+,31-,32+,34+,40-,41+,42-/m1/s1. The zero-order valence-electron chi connectivity index (χ0n) is 35.0. The highest BCUT2D eigenvalue weighted by Gasteiger charge is 2.79. The summed E-state index contributed by atoms with van der Waals surface area (Å²) in [5.41, 5.74) is -7.75. The van der Waals surface area contributed by atoms with Crippen molar-refractivity contribution in [3.8, 4) is 0 Å². The van der Waals surface area contributed by atoms with E-state index in [4.69, 9.17) is 103 Å². The average Bonchev–Trinajstić information content (AvgIpc) is 4.02. The van der Waals surface area contributed by atoms with Crippen LogP contribution in [0.2, 0.25) is 0 Å². The number of rotatable bonds is 10. The fraction of sp³-hybridized carbons (Fsp3) is 0.545. The molecule has 7 rings (SSSR count). The summed E-state index contributed by atoms with van der Waals surface area (Å²) in [6.45, 7) is 4.90. The maximum atomic E-state index is 16.2. The van der Waals surface area contributed by atoms with Gasteiger partial charge in [0.05, 0.1) is 29.4 Å². The monoisotopic (exact) mass is 1010 g/mol. The van der Waals surface area contributed by atoms with Crippen molar-refractivity contribution in [2.75, 3.05) is 19.8 Å². The van der Waals surface area contributed by atoms with Gasteiger partial charge < -0.3 is 38.3 Å². The van der Waals surface area contributed by atoms with Crippen LogP contribution in [-0.2, 0) is 57.1 Å². The van der Waals surface area contributed by atoms with Crippen molar-refractivity contribution in [1.82, 2.24) is 0 Å². The van der Waals surface area contributed by atoms with Gasteiger partial charge in [-0.1, -0.05) is 139 Å². The van der Waals surface area contributed by atoms with Gasteiger partial charge in [-0.05, 0) is 42.2 Å². The van der Waals surface area contributed by atoms with E-state index < -0.39 is 140 Å². The van der Waals surface area contributed by atoms with E-state index in [9.17, 15) is 29.1 Å². The SMILES string of the molecule is CC(=O)O[C@@]12CO[C@@H]1C[C@H](C(=O)OCC(Cl)(Cl)Cl)[C@@]1(C)C(=O)[C@H](C(=O)OCC(Cl)(Cl)Cl)C3=C(C)[C@@H](OC(=O)[C@@H]4O[C@H]4c4ccccc4)C[C@@](O)([C@@H](OC(=O)c4ccccc4)[C@H]21)C3(C)C. The largest absolute Gasteiger partial charge is 0.461 e. The van der Waals surface area contributed by atoms with Crippen LogP contribution in [0.15, 0.2) is 71.8 Å². The zero-order chi connectivity index (χ0) is 46.9. The first kappa shape index (κ1) is 48.7. The lowest BCUT2D eigenvalue weighted by Crippen LogP contribution is -2.81. The Balaban J connectivity index is 1.48. The second-order valence-electron chi connectivity index (χ2n) is 17.5. The molecule has 2 aromatic rings. The molecule has 5 aliphatic rings. The summed E-state index contributed by atoms with van der Waals surface area (Å²) in [6, 6.07) is 16.6. The molecule has 20 heteroatoms. The molecule has 0 amide bonds. The number of carbonyl (C=O) groups is 6. The Kier molecular flexibility index (Phi) is 13.3. The van der Waals surface area contributed by atoms with Gasteiger partial charge >= 0.3 is 29.8 Å². The smallest absolute Gasteiger partial charge is 0.339 e. The maximum Gasteiger partial charge on any atom is 0.339 e. The predicted octanol–water partition coefficient (Wildman–Crippen LogP) is 7.11. The minimum atomic E-state index is -2.47. The van der Waals surface area contributed by atoms with Crippen molar-refractivity contribution >= 4 is 105 Å². The summed E-state index contributed by atoms with van der Waals surface area (Å²) >= 11 is 36.1. The predicted molar refractivity (Wildman–Crippen MR) is 231 cm³/mol. The van der Waals surface area contributed by atoms with E-state index in [1.165, 1.54) is 39.8 Å². The molecule has 346 valence electrons. The molecule has 0 aromatic heterocycles. The van der Waals surface area contributed by atoms with E-state index in [-0.39, 0.29) is 23.1 Å². The number of epoxide rings is 1. The number of ether oxygens (including phenoxy) is 7. The van der Waals surface area contributed by atoms with Crippen LogP contribution in [0.4, 0.5) is 0 Å². The van der Waals surface area contributed by atoms with Gasteiger partial charge in [0.1, 0.15) is 49.1 Å². The minimum Gasteiger partial charge on any atom is -0.461 e. The molecule has 2 aliphatic heterocycles.